The summed E-state index contributed by atoms with van der Waals surface area (Å²) in [6, 6.07) is 0.503. The number of nitrogens with zero attached hydrogens (tertiary/aromatic N) is 2. The molecule has 1 aromatic heterocycles. The lowest BCUT2D eigenvalue weighted by molar-refractivity contribution is 0.517. The molecule has 0 fully saturated rings. The quantitative estimate of drug-likeness (QED) is 0.694. The lowest BCUT2D eigenvalue weighted by atomic mass is 9.76. The van der Waals surface area contributed by atoms with E-state index in [4.69, 9.17) is 12.8 Å². The SMILES string of the molecule is [B]C1CCc2c(nc(C(C)C)n2C(C)C)C1. The van der Waals surface area contributed by atoms with Crippen molar-refractivity contribution in [1.29, 1.82) is 0 Å². The van der Waals surface area contributed by atoms with Crippen molar-refractivity contribution in [3.8, 4) is 0 Å². The van der Waals surface area contributed by atoms with Gasteiger partial charge in [-0.25, -0.2) is 4.98 Å². The topological polar surface area (TPSA) is 17.8 Å². The molecule has 0 bridgehead atoms. The summed E-state index contributed by atoms with van der Waals surface area (Å²) >= 11 is 0. The molecule has 16 heavy (non-hydrogen) atoms. The van der Waals surface area contributed by atoms with Crippen molar-refractivity contribution in [2.75, 3.05) is 0 Å². The summed E-state index contributed by atoms with van der Waals surface area (Å²) in [6.45, 7) is 8.91. The highest BCUT2D eigenvalue weighted by Gasteiger charge is 2.25. The molecule has 2 rings (SSSR count). The van der Waals surface area contributed by atoms with Crippen molar-refractivity contribution in [2.24, 2.45) is 0 Å². The minimum atomic E-state index is 0.308. The summed E-state index contributed by atoms with van der Waals surface area (Å²) in [4.78, 5) is 4.80. The van der Waals surface area contributed by atoms with Gasteiger partial charge in [-0.1, -0.05) is 26.1 Å². The fourth-order valence-corrected chi connectivity index (χ4v) is 2.62. The van der Waals surface area contributed by atoms with Gasteiger partial charge in [-0.3, -0.25) is 0 Å². The molecule has 0 saturated heterocycles. The highest BCUT2D eigenvalue weighted by Crippen LogP contribution is 2.31. The zero-order valence-corrected chi connectivity index (χ0v) is 10.8. The van der Waals surface area contributed by atoms with Gasteiger partial charge in [-0.2, -0.15) is 0 Å². The Morgan fingerprint density at radius 1 is 1.31 bits per heavy atom. The number of fused-ring (bicyclic) bond motifs is 1. The normalized spacial score (nSPS) is 20.5. The van der Waals surface area contributed by atoms with Gasteiger partial charge in [0.15, 0.2) is 0 Å². The Balaban J connectivity index is 2.48. The average Bonchev–Trinajstić information content (AvgIpc) is 2.55. The molecule has 1 aromatic rings. The largest absolute Gasteiger partial charge is 0.329 e. The Morgan fingerprint density at radius 3 is 2.56 bits per heavy atom. The van der Waals surface area contributed by atoms with Gasteiger partial charge in [0.05, 0.1) is 13.5 Å². The second kappa shape index (κ2) is 4.27. The monoisotopic (exact) mass is 216 g/mol. The molecule has 0 spiro atoms. The number of imidazole rings is 1. The Bertz CT molecular complexity index is 380. The van der Waals surface area contributed by atoms with E-state index >= 15 is 0 Å². The van der Waals surface area contributed by atoms with Crippen molar-refractivity contribution < 1.29 is 0 Å². The average molecular weight is 216 g/mol. The van der Waals surface area contributed by atoms with E-state index in [2.05, 4.69) is 32.3 Å². The predicted molar refractivity (Wildman–Crippen MR) is 68.2 cm³/mol. The molecule has 3 heteroatoms. The third-order valence-electron chi connectivity index (χ3n) is 3.36. The summed E-state index contributed by atoms with van der Waals surface area (Å²) in [5, 5.41) is 0. The van der Waals surface area contributed by atoms with Gasteiger partial charge in [0.2, 0.25) is 0 Å². The number of rotatable bonds is 2. The van der Waals surface area contributed by atoms with Crippen LogP contribution in [-0.2, 0) is 12.8 Å². The van der Waals surface area contributed by atoms with Crippen LogP contribution in [0.3, 0.4) is 0 Å². The van der Waals surface area contributed by atoms with Crippen LogP contribution in [0.25, 0.3) is 0 Å². The van der Waals surface area contributed by atoms with E-state index in [1.54, 1.807) is 0 Å². The smallest absolute Gasteiger partial charge is 0.112 e. The molecule has 1 heterocycles. The Hall–Kier alpha value is -0.725. The van der Waals surface area contributed by atoms with E-state index in [0.29, 0.717) is 17.8 Å². The van der Waals surface area contributed by atoms with Gasteiger partial charge in [-0.15, -0.1) is 0 Å². The first-order valence-corrected chi connectivity index (χ1v) is 6.36. The lowest BCUT2D eigenvalue weighted by Gasteiger charge is -2.22. The van der Waals surface area contributed by atoms with Gasteiger partial charge < -0.3 is 4.57 Å². The second-order valence-electron chi connectivity index (χ2n) is 5.48. The maximum absolute atomic E-state index is 6.01. The maximum atomic E-state index is 6.01. The molecule has 0 saturated carbocycles. The van der Waals surface area contributed by atoms with Gasteiger partial charge >= 0.3 is 0 Å². The van der Waals surface area contributed by atoms with E-state index < -0.39 is 0 Å². The molecule has 0 N–H and O–H groups in total. The van der Waals surface area contributed by atoms with E-state index in [0.717, 1.165) is 19.3 Å². The van der Waals surface area contributed by atoms with Crippen molar-refractivity contribution in [2.45, 2.75) is 64.7 Å². The highest BCUT2D eigenvalue weighted by molar-refractivity contribution is 6.11. The summed E-state index contributed by atoms with van der Waals surface area (Å²) in [7, 11) is 6.01. The standard InChI is InChI=1S/C13H21BN2/c1-8(2)13-15-11-7-10(14)5-6-12(11)16(13)9(3)4/h8-10H,5-7H2,1-4H3. The van der Waals surface area contributed by atoms with Crippen LogP contribution in [0.1, 0.15) is 63.3 Å². The summed E-state index contributed by atoms with van der Waals surface area (Å²) in [5.41, 5.74) is 2.68. The summed E-state index contributed by atoms with van der Waals surface area (Å²) in [6.07, 6.45) is 3.14. The van der Waals surface area contributed by atoms with Crippen molar-refractivity contribution in [3.63, 3.8) is 0 Å². The van der Waals surface area contributed by atoms with Crippen molar-refractivity contribution >= 4 is 7.85 Å². The second-order valence-corrected chi connectivity index (χ2v) is 5.48. The van der Waals surface area contributed by atoms with E-state index in [9.17, 15) is 0 Å². The molecular formula is C13H21BN2. The molecular weight excluding hydrogens is 195 g/mol. The van der Waals surface area contributed by atoms with E-state index in [1.165, 1.54) is 17.2 Å². The first-order chi connectivity index (χ1) is 7.50. The highest BCUT2D eigenvalue weighted by atomic mass is 15.1. The van der Waals surface area contributed by atoms with Crippen LogP contribution < -0.4 is 0 Å². The van der Waals surface area contributed by atoms with Crippen molar-refractivity contribution in [1.82, 2.24) is 9.55 Å². The fourth-order valence-electron chi connectivity index (χ4n) is 2.62. The first kappa shape index (κ1) is 11.8. The Kier molecular flexibility index (Phi) is 3.14. The summed E-state index contributed by atoms with van der Waals surface area (Å²) < 4.78 is 2.42. The van der Waals surface area contributed by atoms with E-state index in [-0.39, 0.29) is 0 Å². The zero-order valence-electron chi connectivity index (χ0n) is 10.8. The molecule has 1 unspecified atom stereocenters. The molecule has 86 valence electrons. The molecule has 1 atom stereocenters. The van der Waals surface area contributed by atoms with Crippen LogP contribution in [0.5, 0.6) is 0 Å². The number of hydrogen-bond acceptors (Lipinski definition) is 1. The lowest BCUT2D eigenvalue weighted by Crippen LogP contribution is -2.15. The third-order valence-corrected chi connectivity index (χ3v) is 3.36. The van der Waals surface area contributed by atoms with Gasteiger partial charge in [0.25, 0.3) is 0 Å². The zero-order chi connectivity index (χ0) is 11.9. The molecule has 2 nitrogen and oxygen atoms in total. The van der Waals surface area contributed by atoms with Crippen LogP contribution in [0.15, 0.2) is 0 Å². The van der Waals surface area contributed by atoms with Crippen LogP contribution >= 0.6 is 0 Å². The Morgan fingerprint density at radius 2 is 2.00 bits per heavy atom. The minimum Gasteiger partial charge on any atom is -0.329 e. The molecule has 1 aliphatic carbocycles. The van der Waals surface area contributed by atoms with Crippen LogP contribution in [0, 0.1) is 0 Å². The van der Waals surface area contributed by atoms with Crippen LogP contribution in [0.2, 0.25) is 5.82 Å². The van der Waals surface area contributed by atoms with Crippen LogP contribution in [-0.4, -0.2) is 17.4 Å². The van der Waals surface area contributed by atoms with Gasteiger partial charge in [0.1, 0.15) is 5.82 Å². The first-order valence-electron chi connectivity index (χ1n) is 6.36. The molecule has 1 aliphatic rings. The molecule has 0 aromatic carbocycles. The number of hydrogen-bond donors (Lipinski definition) is 0. The molecule has 0 amide bonds. The Labute approximate surface area is 99.9 Å². The predicted octanol–water partition coefficient (Wildman–Crippen LogP) is 3.03. The summed E-state index contributed by atoms with van der Waals surface area (Å²) in [5.74, 6) is 2.03. The molecule has 0 aliphatic heterocycles. The van der Waals surface area contributed by atoms with Gasteiger partial charge in [-0.05, 0) is 26.7 Å². The van der Waals surface area contributed by atoms with E-state index in [1.807, 2.05) is 0 Å². The van der Waals surface area contributed by atoms with Crippen molar-refractivity contribution in [3.05, 3.63) is 17.2 Å². The molecule has 2 radical (unpaired) electrons. The van der Waals surface area contributed by atoms with Gasteiger partial charge in [0, 0.05) is 17.7 Å². The van der Waals surface area contributed by atoms with Crippen LogP contribution in [0.4, 0.5) is 0 Å². The minimum absolute atomic E-state index is 0.308. The number of aromatic nitrogens is 2. The maximum Gasteiger partial charge on any atom is 0.112 e. The third kappa shape index (κ3) is 1.92. The fraction of sp³-hybridized carbons (Fsp3) is 0.769.